The first-order valence-corrected chi connectivity index (χ1v) is 7.81. The van der Waals surface area contributed by atoms with E-state index in [1.165, 1.54) is 0 Å². The van der Waals surface area contributed by atoms with Gasteiger partial charge in [-0.05, 0) is 20.8 Å². The fourth-order valence-electron chi connectivity index (χ4n) is 1.53. The molecule has 0 aliphatic heterocycles. The van der Waals surface area contributed by atoms with Gasteiger partial charge < -0.3 is 29.2 Å². The molecule has 0 rings (SSSR count). The molecule has 0 aliphatic rings. The number of ether oxygens (including phenoxy) is 4. The van der Waals surface area contributed by atoms with Gasteiger partial charge in [-0.25, -0.2) is 0 Å². The maximum Gasteiger partial charge on any atom is 0.101 e. The maximum absolute atomic E-state index is 9.68. The van der Waals surface area contributed by atoms with Crippen LogP contribution >= 0.6 is 0 Å². The highest BCUT2D eigenvalue weighted by Crippen LogP contribution is 1.98. The molecular formula is C17H32O6. The summed E-state index contributed by atoms with van der Waals surface area (Å²) in [5, 5.41) is 19.3. The predicted octanol–water partition coefficient (Wildman–Crippen LogP) is 1.32. The minimum atomic E-state index is -0.682. The molecule has 23 heavy (non-hydrogen) atoms. The Morgan fingerprint density at radius 2 is 1.22 bits per heavy atom. The monoisotopic (exact) mass is 332 g/mol. The van der Waals surface area contributed by atoms with Gasteiger partial charge in [0.05, 0.1) is 52.4 Å². The molecule has 0 saturated heterocycles. The van der Waals surface area contributed by atoms with E-state index >= 15 is 0 Å². The summed E-state index contributed by atoms with van der Waals surface area (Å²) in [4.78, 5) is 0. The number of aliphatic hydroxyl groups excluding tert-OH is 2. The molecule has 0 amide bonds. The SMILES string of the molecule is C=C(C)COCC(O)COCC(C)OCC(O)COCC(=C)C. The Morgan fingerprint density at radius 1 is 0.783 bits per heavy atom. The average molecular weight is 332 g/mol. The minimum Gasteiger partial charge on any atom is -0.388 e. The zero-order valence-corrected chi connectivity index (χ0v) is 14.6. The highest BCUT2D eigenvalue weighted by Gasteiger charge is 2.10. The highest BCUT2D eigenvalue weighted by molar-refractivity contribution is 4.87. The Labute approximate surface area is 139 Å². The van der Waals surface area contributed by atoms with E-state index in [-0.39, 0.29) is 32.5 Å². The lowest BCUT2D eigenvalue weighted by atomic mass is 10.3. The van der Waals surface area contributed by atoms with Crippen molar-refractivity contribution in [3.63, 3.8) is 0 Å². The van der Waals surface area contributed by atoms with Crippen LogP contribution < -0.4 is 0 Å². The Balaban J connectivity index is 3.56. The third-order valence-corrected chi connectivity index (χ3v) is 2.55. The van der Waals surface area contributed by atoms with Crippen molar-refractivity contribution in [2.45, 2.75) is 39.1 Å². The summed E-state index contributed by atoms with van der Waals surface area (Å²) in [5.41, 5.74) is 1.82. The highest BCUT2D eigenvalue weighted by atomic mass is 16.5. The molecule has 2 N–H and O–H groups in total. The topological polar surface area (TPSA) is 77.4 Å². The number of hydrogen-bond acceptors (Lipinski definition) is 6. The van der Waals surface area contributed by atoms with E-state index in [4.69, 9.17) is 18.9 Å². The van der Waals surface area contributed by atoms with Crippen LogP contribution in [0.4, 0.5) is 0 Å². The van der Waals surface area contributed by atoms with Gasteiger partial charge in [0.2, 0.25) is 0 Å². The van der Waals surface area contributed by atoms with Crippen molar-refractivity contribution >= 4 is 0 Å². The van der Waals surface area contributed by atoms with E-state index in [1.807, 2.05) is 20.8 Å². The Kier molecular flexibility index (Phi) is 13.2. The second kappa shape index (κ2) is 13.7. The van der Waals surface area contributed by atoms with Crippen molar-refractivity contribution < 1.29 is 29.2 Å². The molecule has 136 valence electrons. The van der Waals surface area contributed by atoms with Gasteiger partial charge in [0.25, 0.3) is 0 Å². The second-order valence-corrected chi connectivity index (χ2v) is 5.93. The Morgan fingerprint density at radius 3 is 1.70 bits per heavy atom. The van der Waals surface area contributed by atoms with E-state index in [2.05, 4.69) is 13.2 Å². The van der Waals surface area contributed by atoms with Crippen LogP contribution in [0.25, 0.3) is 0 Å². The third kappa shape index (κ3) is 15.9. The molecule has 6 heteroatoms. The molecule has 3 unspecified atom stereocenters. The third-order valence-electron chi connectivity index (χ3n) is 2.55. The zero-order valence-electron chi connectivity index (χ0n) is 14.6. The molecular weight excluding hydrogens is 300 g/mol. The lowest BCUT2D eigenvalue weighted by molar-refractivity contribution is -0.0749. The van der Waals surface area contributed by atoms with Gasteiger partial charge in [-0.1, -0.05) is 24.3 Å². The fourth-order valence-corrected chi connectivity index (χ4v) is 1.53. The van der Waals surface area contributed by atoms with Crippen LogP contribution in [0.15, 0.2) is 24.3 Å². The number of rotatable bonds is 15. The van der Waals surface area contributed by atoms with Crippen molar-refractivity contribution in [3.8, 4) is 0 Å². The van der Waals surface area contributed by atoms with E-state index < -0.39 is 12.2 Å². The molecule has 0 aromatic carbocycles. The van der Waals surface area contributed by atoms with Crippen molar-refractivity contribution in [3.05, 3.63) is 24.3 Å². The van der Waals surface area contributed by atoms with Gasteiger partial charge >= 0.3 is 0 Å². The predicted molar refractivity (Wildman–Crippen MR) is 89.5 cm³/mol. The first-order valence-electron chi connectivity index (χ1n) is 7.81. The average Bonchev–Trinajstić information content (AvgIpc) is 2.44. The van der Waals surface area contributed by atoms with E-state index in [0.717, 1.165) is 11.1 Å². The lowest BCUT2D eigenvalue weighted by Crippen LogP contribution is -2.28. The van der Waals surface area contributed by atoms with Gasteiger partial charge in [-0.2, -0.15) is 0 Å². The van der Waals surface area contributed by atoms with Gasteiger partial charge in [-0.3, -0.25) is 0 Å². The van der Waals surface area contributed by atoms with Gasteiger partial charge in [0.1, 0.15) is 12.2 Å². The second-order valence-electron chi connectivity index (χ2n) is 5.93. The summed E-state index contributed by atoms with van der Waals surface area (Å²) in [6, 6.07) is 0. The van der Waals surface area contributed by atoms with Crippen LogP contribution in [0.5, 0.6) is 0 Å². The summed E-state index contributed by atoms with van der Waals surface area (Å²) in [5.74, 6) is 0. The van der Waals surface area contributed by atoms with Crippen LogP contribution in [0.3, 0.4) is 0 Å². The van der Waals surface area contributed by atoms with Crippen LogP contribution in [0.2, 0.25) is 0 Å². The number of aliphatic hydroxyl groups is 2. The van der Waals surface area contributed by atoms with Crippen molar-refractivity contribution in [1.82, 2.24) is 0 Å². The van der Waals surface area contributed by atoms with Gasteiger partial charge in [-0.15, -0.1) is 0 Å². The van der Waals surface area contributed by atoms with Crippen LogP contribution in [-0.2, 0) is 18.9 Å². The zero-order chi connectivity index (χ0) is 17.7. The normalized spacial score (nSPS) is 15.2. The first-order chi connectivity index (χ1) is 10.8. The quantitative estimate of drug-likeness (QED) is 0.440. The van der Waals surface area contributed by atoms with E-state index in [0.29, 0.717) is 19.8 Å². The summed E-state index contributed by atoms with van der Waals surface area (Å²) in [6.45, 7) is 14.9. The molecule has 0 bridgehead atoms. The van der Waals surface area contributed by atoms with Crippen molar-refractivity contribution in [2.75, 3.05) is 46.2 Å². The molecule has 0 aliphatic carbocycles. The van der Waals surface area contributed by atoms with Crippen LogP contribution in [0.1, 0.15) is 20.8 Å². The molecule has 0 heterocycles. The molecule has 0 aromatic heterocycles. The summed E-state index contributed by atoms with van der Waals surface area (Å²) in [7, 11) is 0. The first kappa shape index (κ1) is 22.2. The Bertz CT molecular complexity index is 331. The molecule has 0 fully saturated rings. The molecule has 0 spiro atoms. The summed E-state index contributed by atoms with van der Waals surface area (Å²) < 4.78 is 21.3. The van der Waals surface area contributed by atoms with Gasteiger partial charge in [0.15, 0.2) is 0 Å². The van der Waals surface area contributed by atoms with Crippen LogP contribution in [0, 0.1) is 0 Å². The smallest absolute Gasteiger partial charge is 0.101 e. The summed E-state index contributed by atoms with van der Waals surface area (Å²) in [6.07, 6.45) is -1.55. The van der Waals surface area contributed by atoms with Crippen molar-refractivity contribution in [1.29, 1.82) is 0 Å². The van der Waals surface area contributed by atoms with Crippen molar-refractivity contribution in [2.24, 2.45) is 0 Å². The van der Waals surface area contributed by atoms with E-state index in [1.54, 1.807) is 0 Å². The maximum atomic E-state index is 9.68. The van der Waals surface area contributed by atoms with Gasteiger partial charge in [0, 0.05) is 0 Å². The largest absolute Gasteiger partial charge is 0.388 e. The minimum absolute atomic E-state index is 0.172. The van der Waals surface area contributed by atoms with Crippen LogP contribution in [-0.4, -0.2) is 74.8 Å². The molecule has 6 nitrogen and oxygen atoms in total. The fraction of sp³-hybridized carbons (Fsp3) is 0.765. The molecule has 0 aromatic rings. The standard InChI is InChI=1S/C17H32O6/c1-13(2)6-20-9-16(18)10-22-8-15(5)23-12-17(19)11-21-7-14(3)4/h15-19H,1,3,6-12H2,2,4-5H3. The lowest BCUT2D eigenvalue weighted by Gasteiger charge is -2.18. The molecule has 0 radical (unpaired) electrons. The summed E-state index contributed by atoms with van der Waals surface area (Å²) >= 11 is 0. The number of hydrogen-bond donors (Lipinski definition) is 2. The Hall–Kier alpha value is -0.760. The van der Waals surface area contributed by atoms with E-state index in [9.17, 15) is 10.2 Å². The molecule has 3 atom stereocenters. The molecule has 0 saturated carbocycles.